The maximum Gasteiger partial charge on any atom is 0.266 e. The third-order valence-corrected chi connectivity index (χ3v) is 6.33. The zero-order valence-electron chi connectivity index (χ0n) is 18.0. The highest BCUT2D eigenvalue weighted by atomic mass is 32.2. The minimum absolute atomic E-state index is 0.0528. The number of rotatable bonds is 8. The molecule has 0 aliphatic heterocycles. The number of thioether (sulfide) groups is 1. The Balaban J connectivity index is 2.07. The van der Waals surface area contributed by atoms with Crippen molar-refractivity contribution in [3.05, 3.63) is 64.4 Å². The monoisotopic (exact) mass is 423 g/mol. The van der Waals surface area contributed by atoms with Gasteiger partial charge in [-0.05, 0) is 55.5 Å². The Labute approximate surface area is 181 Å². The number of nitrogens with zero attached hydrogens (tertiary/aromatic N) is 2. The largest absolute Gasteiger partial charge is 0.355 e. The highest BCUT2D eigenvalue weighted by molar-refractivity contribution is 8.00. The van der Waals surface area contributed by atoms with Crippen LogP contribution in [0.4, 0.5) is 0 Å². The molecule has 0 aliphatic rings. The van der Waals surface area contributed by atoms with E-state index in [9.17, 15) is 9.59 Å². The van der Waals surface area contributed by atoms with E-state index < -0.39 is 0 Å². The normalized spacial score (nSPS) is 13.2. The van der Waals surface area contributed by atoms with Gasteiger partial charge in [-0.2, -0.15) is 0 Å². The van der Waals surface area contributed by atoms with Gasteiger partial charge in [-0.3, -0.25) is 14.2 Å². The lowest BCUT2D eigenvalue weighted by Crippen LogP contribution is -2.32. The van der Waals surface area contributed by atoms with Gasteiger partial charge in [0.05, 0.1) is 21.8 Å². The van der Waals surface area contributed by atoms with Crippen LogP contribution in [0.1, 0.15) is 52.0 Å². The molecule has 0 spiro atoms. The Morgan fingerprint density at radius 1 is 1.10 bits per heavy atom. The molecule has 3 rings (SSSR count). The average Bonchev–Trinajstić information content (AvgIpc) is 2.77. The molecule has 0 aliphatic carbocycles. The topological polar surface area (TPSA) is 64.0 Å². The van der Waals surface area contributed by atoms with Gasteiger partial charge in [0.25, 0.3) is 5.56 Å². The molecule has 6 heteroatoms. The quantitative estimate of drug-likeness (QED) is 0.413. The van der Waals surface area contributed by atoms with Crippen molar-refractivity contribution < 1.29 is 4.79 Å². The predicted octanol–water partition coefficient (Wildman–Crippen LogP) is 4.91. The summed E-state index contributed by atoms with van der Waals surface area (Å²) >= 11 is 1.31. The second-order valence-electron chi connectivity index (χ2n) is 7.50. The molecule has 0 saturated carbocycles. The number of hydrogen-bond donors (Lipinski definition) is 1. The first-order chi connectivity index (χ1) is 14.5. The molecule has 2 aromatic carbocycles. The van der Waals surface area contributed by atoms with Crippen LogP contribution in [-0.4, -0.2) is 27.3 Å². The summed E-state index contributed by atoms with van der Waals surface area (Å²) in [6, 6.07) is 15.4. The number of carbonyl (C=O) groups excluding carboxylic acids is 1. The van der Waals surface area contributed by atoms with Gasteiger partial charge in [-0.1, -0.05) is 56.8 Å². The van der Waals surface area contributed by atoms with E-state index in [4.69, 9.17) is 4.98 Å². The van der Waals surface area contributed by atoms with Crippen LogP contribution in [-0.2, 0) is 4.79 Å². The van der Waals surface area contributed by atoms with Crippen LogP contribution in [0.25, 0.3) is 16.6 Å². The molecule has 2 atom stereocenters. The summed E-state index contributed by atoms with van der Waals surface area (Å²) in [4.78, 5) is 30.5. The number of aromatic nitrogens is 2. The number of benzene rings is 2. The second-order valence-corrected chi connectivity index (χ2v) is 8.81. The number of amides is 1. The molecule has 1 heterocycles. The summed E-state index contributed by atoms with van der Waals surface area (Å²) in [6.07, 6.45) is 1.94. The molecule has 0 unspecified atom stereocenters. The first kappa shape index (κ1) is 22.1. The van der Waals surface area contributed by atoms with Gasteiger partial charge in [-0.15, -0.1) is 0 Å². The molecule has 1 N–H and O–H groups in total. The van der Waals surface area contributed by atoms with Crippen LogP contribution < -0.4 is 10.9 Å². The lowest BCUT2D eigenvalue weighted by atomic mass is 9.98. The van der Waals surface area contributed by atoms with Crippen molar-refractivity contribution in [1.29, 1.82) is 0 Å². The third kappa shape index (κ3) is 4.75. The Morgan fingerprint density at radius 3 is 2.47 bits per heavy atom. The fourth-order valence-corrected chi connectivity index (χ4v) is 4.16. The molecule has 1 amide bonds. The van der Waals surface area contributed by atoms with E-state index in [0.717, 1.165) is 18.5 Å². The fourth-order valence-electron chi connectivity index (χ4n) is 3.21. The van der Waals surface area contributed by atoms with E-state index in [1.54, 1.807) is 10.6 Å². The lowest BCUT2D eigenvalue weighted by Gasteiger charge is -2.17. The highest BCUT2D eigenvalue weighted by Gasteiger charge is 2.20. The maximum atomic E-state index is 13.4. The number of para-hydroxylation sites is 1. The third-order valence-electron chi connectivity index (χ3n) is 5.28. The first-order valence-electron chi connectivity index (χ1n) is 10.5. The van der Waals surface area contributed by atoms with Crippen LogP contribution in [0.15, 0.2) is 58.5 Å². The molecule has 1 aromatic heterocycles. The van der Waals surface area contributed by atoms with E-state index in [1.165, 1.54) is 17.3 Å². The van der Waals surface area contributed by atoms with E-state index in [1.807, 2.05) is 44.2 Å². The van der Waals surface area contributed by atoms with Gasteiger partial charge in [0.15, 0.2) is 5.16 Å². The summed E-state index contributed by atoms with van der Waals surface area (Å²) in [6.45, 7) is 8.85. The Morgan fingerprint density at radius 2 is 1.80 bits per heavy atom. The number of fused-ring (bicyclic) bond motifs is 1. The minimum atomic E-state index is -0.366. The SMILES string of the molecule is CCCNC(=O)[C@H](C)Sc1nc2ccccc2c(=O)n1-c1ccc([C@H](C)CC)cc1. The van der Waals surface area contributed by atoms with Crippen molar-refractivity contribution in [2.45, 2.75) is 56.9 Å². The van der Waals surface area contributed by atoms with E-state index in [2.05, 4.69) is 31.3 Å². The molecule has 0 fully saturated rings. The van der Waals surface area contributed by atoms with E-state index >= 15 is 0 Å². The predicted molar refractivity (Wildman–Crippen MR) is 125 cm³/mol. The summed E-state index contributed by atoms with van der Waals surface area (Å²) < 4.78 is 1.62. The summed E-state index contributed by atoms with van der Waals surface area (Å²) in [5.41, 5.74) is 2.51. The summed E-state index contributed by atoms with van der Waals surface area (Å²) in [5.74, 6) is 0.407. The molecule has 30 heavy (non-hydrogen) atoms. The van der Waals surface area contributed by atoms with Gasteiger partial charge in [0.2, 0.25) is 5.91 Å². The van der Waals surface area contributed by atoms with Gasteiger partial charge in [0.1, 0.15) is 0 Å². The van der Waals surface area contributed by atoms with Crippen LogP contribution in [0.3, 0.4) is 0 Å². The van der Waals surface area contributed by atoms with Gasteiger partial charge in [-0.25, -0.2) is 4.98 Å². The van der Waals surface area contributed by atoms with Crippen LogP contribution in [0, 0.1) is 0 Å². The molecular formula is C24H29N3O2S. The van der Waals surface area contributed by atoms with Crippen molar-refractivity contribution in [2.24, 2.45) is 0 Å². The zero-order chi connectivity index (χ0) is 21.7. The molecule has 3 aromatic rings. The summed E-state index contributed by atoms with van der Waals surface area (Å²) in [5, 5.41) is 3.64. The zero-order valence-corrected chi connectivity index (χ0v) is 18.8. The number of carbonyl (C=O) groups is 1. The molecule has 0 bridgehead atoms. The standard InChI is InChI=1S/C24H29N3O2S/c1-5-15-25-22(28)17(4)30-24-26-21-10-8-7-9-20(21)23(29)27(24)19-13-11-18(12-14-19)16(3)6-2/h7-14,16-17H,5-6,15H2,1-4H3,(H,25,28)/t16-,17+/m1/s1. The molecule has 5 nitrogen and oxygen atoms in total. The second kappa shape index (κ2) is 9.94. The smallest absolute Gasteiger partial charge is 0.266 e. The van der Waals surface area contributed by atoms with Crippen molar-refractivity contribution in [3.8, 4) is 5.69 Å². The first-order valence-corrected chi connectivity index (χ1v) is 11.4. The van der Waals surface area contributed by atoms with Crippen LogP contribution >= 0.6 is 11.8 Å². The van der Waals surface area contributed by atoms with Crippen LogP contribution in [0.5, 0.6) is 0 Å². The molecule has 158 valence electrons. The summed E-state index contributed by atoms with van der Waals surface area (Å²) in [7, 11) is 0. The van der Waals surface area contributed by atoms with Gasteiger partial charge >= 0.3 is 0 Å². The lowest BCUT2D eigenvalue weighted by molar-refractivity contribution is -0.120. The van der Waals surface area contributed by atoms with Crippen molar-refractivity contribution in [1.82, 2.24) is 14.9 Å². The van der Waals surface area contributed by atoms with Crippen molar-refractivity contribution in [2.75, 3.05) is 6.54 Å². The van der Waals surface area contributed by atoms with Crippen LogP contribution in [0.2, 0.25) is 0 Å². The van der Waals surface area contributed by atoms with Gasteiger partial charge < -0.3 is 5.32 Å². The fraction of sp³-hybridized carbons (Fsp3) is 0.375. The Kier molecular flexibility index (Phi) is 7.32. The van der Waals surface area contributed by atoms with E-state index in [-0.39, 0.29) is 16.7 Å². The van der Waals surface area contributed by atoms with Crippen molar-refractivity contribution >= 4 is 28.6 Å². The molecule has 0 saturated heterocycles. The minimum Gasteiger partial charge on any atom is -0.355 e. The highest BCUT2D eigenvalue weighted by Crippen LogP contribution is 2.26. The van der Waals surface area contributed by atoms with Gasteiger partial charge in [0, 0.05) is 6.54 Å². The Bertz CT molecular complexity index is 1080. The Hall–Kier alpha value is -2.60. The molecule has 0 radical (unpaired) electrons. The average molecular weight is 424 g/mol. The maximum absolute atomic E-state index is 13.4. The van der Waals surface area contributed by atoms with E-state index in [0.29, 0.717) is 28.5 Å². The van der Waals surface area contributed by atoms with Crippen molar-refractivity contribution in [3.63, 3.8) is 0 Å². The number of nitrogens with one attached hydrogen (secondary N) is 1. The molecular weight excluding hydrogens is 394 g/mol. The number of hydrogen-bond acceptors (Lipinski definition) is 4.